The smallest absolute Gasteiger partial charge is 0.308 e. The summed E-state index contributed by atoms with van der Waals surface area (Å²) in [4.78, 5) is 11.2. The quantitative estimate of drug-likeness (QED) is 0.773. The summed E-state index contributed by atoms with van der Waals surface area (Å²) in [5.74, 6) is -2.96. The lowest BCUT2D eigenvalue weighted by Gasteiger charge is -2.12. The van der Waals surface area contributed by atoms with Crippen LogP contribution in [-0.2, 0) is 28.3 Å². The first-order valence-corrected chi connectivity index (χ1v) is 8.59. The second kappa shape index (κ2) is 6.55. The van der Waals surface area contributed by atoms with E-state index in [1.54, 1.807) is 13.2 Å². The summed E-state index contributed by atoms with van der Waals surface area (Å²) in [6, 6.07) is 1.05. The number of nitrogens with zero attached hydrogens (tertiary/aromatic N) is 2. The SMILES string of the molecule is Cn1cc(CC(CNS(=O)(=O)c2sccc2F)C(=O)O)cn1. The van der Waals surface area contributed by atoms with Crippen LogP contribution in [0.5, 0.6) is 0 Å². The van der Waals surface area contributed by atoms with Crippen molar-refractivity contribution in [1.29, 1.82) is 0 Å². The number of carboxylic acid groups (broad SMARTS) is 1. The van der Waals surface area contributed by atoms with Gasteiger partial charge in [-0.15, -0.1) is 11.3 Å². The summed E-state index contributed by atoms with van der Waals surface area (Å²) in [6.07, 6.45) is 3.30. The van der Waals surface area contributed by atoms with Crippen molar-refractivity contribution in [2.75, 3.05) is 6.54 Å². The molecule has 0 bridgehead atoms. The first-order valence-electron chi connectivity index (χ1n) is 6.22. The van der Waals surface area contributed by atoms with E-state index in [4.69, 9.17) is 0 Å². The number of halogens is 1. The highest BCUT2D eigenvalue weighted by atomic mass is 32.2. The highest BCUT2D eigenvalue weighted by Crippen LogP contribution is 2.21. The number of aryl methyl sites for hydroxylation is 1. The third-order valence-electron chi connectivity index (χ3n) is 2.94. The number of carbonyl (C=O) groups is 1. The van der Waals surface area contributed by atoms with Gasteiger partial charge in [-0.1, -0.05) is 0 Å². The fraction of sp³-hybridized carbons (Fsp3) is 0.333. The fourth-order valence-corrected chi connectivity index (χ4v) is 4.07. The number of hydrogen-bond donors (Lipinski definition) is 2. The number of aliphatic carboxylic acids is 1. The molecule has 0 fully saturated rings. The van der Waals surface area contributed by atoms with Crippen molar-refractivity contribution in [2.45, 2.75) is 10.6 Å². The van der Waals surface area contributed by atoms with Gasteiger partial charge in [0.25, 0.3) is 10.0 Å². The molecular weight excluding hydrogens is 333 g/mol. The van der Waals surface area contributed by atoms with Gasteiger partial charge in [0.15, 0.2) is 10.0 Å². The van der Waals surface area contributed by atoms with Gasteiger partial charge in [0.2, 0.25) is 0 Å². The van der Waals surface area contributed by atoms with Crippen molar-refractivity contribution in [2.24, 2.45) is 13.0 Å². The highest BCUT2D eigenvalue weighted by Gasteiger charge is 2.25. The molecule has 1 atom stereocenters. The van der Waals surface area contributed by atoms with E-state index in [-0.39, 0.29) is 13.0 Å². The third-order valence-corrected chi connectivity index (χ3v) is 5.80. The number of nitrogens with one attached hydrogen (secondary N) is 1. The minimum Gasteiger partial charge on any atom is -0.481 e. The number of carboxylic acids is 1. The van der Waals surface area contributed by atoms with Crippen molar-refractivity contribution >= 4 is 27.3 Å². The standard InChI is InChI=1S/C12H14FN3O4S2/c1-16-7-8(5-14-16)4-9(11(17)18)6-15-22(19,20)12-10(13)2-3-21-12/h2-3,5,7,9,15H,4,6H2,1H3,(H,17,18). The summed E-state index contributed by atoms with van der Waals surface area (Å²) in [5, 5.41) is 14.4. The zero-order valence-corrected chi connectivity index (χ0v) is 13.2. The molecule has 0 spiro atoms. The van der Waals surface area contributed by atoms with Gasteiger partial charge in [0.05, 0.1) is 12.1 Å². The maximum atomic E-state index is 13.3. The molecule has 2 N–H and O–H groups in total. The average molecular weight is 347 g/mol. The van der Waals surface area contributed by atoms with E-state index in [1.165, 1.54) is 16.3 Å². The van der Waals surface area contributed by atoms with Gasteiger partial charge in [-0.25, -0.2) is 17.5 Å². The summed E-state index contributed by atoms with van der Waals surface area (Å²) in [6.45, 7) is -0.329. The van der Waals surface area contributed by atoms with Gasteiger partial charge in [0, 0.05) is 19.8 Å². The van der Waals surface area contributed by atoms with E-state index >= 15 is 0 Å². The van der Waals surface area contributed by atoms with E-state index < -0.39 is 31.9 Å². The Labute approximate surface area is 130 Å². The lowest BCUT2D eigenvalue weighted by molar-refractivity contribution is -0.141. The topological polar surface area (TPSA) is 101 Å². The van der Waals surface area contributed by atoms with E-state index in [2.05, 4.69) is 9.82 Å². The van der Waals surface area contributed by atoms with Crippen LogP contribution in [0.1, 0.15) is 5.56 Å². The van der Waals surface area contributed by atoms with Crippen LogP contribution in [0.3, 0.4) is 0 Å². The molecule has 0 saturated heterocycles. The van der Waals surface area contributed by atoms with E-state index in [0.29, 0.717) is 5.56 Å². The van der Waals surface area contributed by atoms with Crippen LogP contribution in [0.25, 0.3) is 0 Å². The first-order chi connectivity index (χ1) is 10.3. The minimum absolute atomic E-state index is 0.124. The molecule has 2 heterocycles. The van der Waals surface area contributed by atoms with Gasteiger partial charge in [-0.05, 0) is 23.4 Å². The second-order valence-corrected chi connectivity index (χ2v) is 7.55. The van der Waals surface area contributed by atoms with Gasteiger partial charge in [-0.3, -0.25) is 9.48 Å². The van der Waals surface area contributed by atoms with E-state index in [0.717, 1.165) is 17.4 Å². The lowest BCUT2D eigenvalue weighted by Crippen LogP contribution is -2.34. The molecule has 2 rings (SSSR count). The van der Waals surface area contributed by atoms with Crippen LogP contribution in [0.4, 0.5) is 4.39 Å². The molecule has 120 valence electrons. The van der Waals surface area contributed by atoms with E-state index in [9.17, 15) is 22.7 Å². The molecule has 0 aliphatic rings. The zero-order chi connectivity index (χ0) is 16.3. The summed E-state index contributed by atoms with van der Waals surface area (Å²) >= 11 is 0.738. The maximum Gasteiger partial charge on any atom is 0.308 e. The Morgan fingerprint density at radius 1 is 1.59 bits per heavy atom. The van der Waals surface area contributed by atoms with Crippen LogP contribution in [0, 0.1) is 11.7 Å². The van der Waals surface area contributed by atoms with Crippen LogP contribution in [0.15, 0.2) is 28.0 Å². The Morgan fingerprint density at radius 3 is 2.82 bits per heavy atom. The van der Waals surface area contributed by atoms with Gasteiger partial charge in [-0.2, -0.15) is 5.10 Å². The predicted molar refractivity (Wildman–Crippen MR) is 77.5 cm³/mol. The molecule has 2 aromatic rings. The molecule has 1 unspecified atom stereocenters. The highest BCUT2D eigenvalue weighted by molar-refractivity contribution is 7.91. The Hall–Kier alpha value is -1.78. The summed E-state index contributed by atoms with van der Waals surface area (Å²) in [5.41, 5.74) is 0.677. The molecule has 22 heavy (non-hydrogen) atoms. The van der Waals surface area contributed by atoms with Gasteiger partial charge < -0.3 is 5.11 Å². The van der Waals surface area contributed by atoms with Crippen molar-refractivity contribution in [1.82, 2.24) is 14.5 Å². The molecule has 7 nitrogen and oxygen atoms in total. The Kier molecular flexibility index (Phi) is 4.94. The van der Waals surface area contributed by atoms with Gasteiger partial charge in [0.1, 0.15) is 0 Å². The van der Waals surface area contributed by atoms with Crippen LogP contribution < -0.4 is 4.72 Å². The Morgan fingerprint density at radius 2 is 2.32 bits per heavy atom. The van der Waals surface area contributed by atoms with Crippen LogP contribution >= 0.6 is 11.3 Å². The Bertz CT molecular complexity index is 769. The number of sulfonamides is 1. The third kappa shape index (κ3) is 3.90. The first kappa shape index (κ1) is 16.6. The largest absolute Gasteiger partial charge is 0.481 e. The zero-order valence-electron chi connectivity index (χ0n) is 11.6. The van der Waals surface area contributed by atoms with E-state index in [1.807, 2.05) is 0 Å². The van der Waals surface area contributed by atoms with Crippen molar-refractivity contribution in [3.05, 3.63) is 35.2 Å². The molecule has 0 saturated carbocycles. The number of hydrogen-bond acceptors (Lipinski definition) is 5. The molecule has 0 aliphatic carbocycles. The number of aromatic nitrogens is 2. The summed E-state index contributed by atoms with van der Waals surface area (Å²) in [7, 11) is -2.36. The lowest BCUT2D eigenvalue weighted by atomic mass is 10.0. The number of rotatable bonds is 7. The molecule has 2 aromatic heterocycles. The maximum absolute atomic E-state index is 13.3. The van der Waals surface area contributed by atoms with Crippen molar-refractivity contribution in [3.63, 3.8) is 0 Å². The van der Waals surface area contributed by atoms with Crippen LogP contribution in [-0.4, -0.2) is 35.8 Å². The average Bonchev–Trinajstić information content (AvgIpc) is 3.03. The molecule has 0 aliphatic heterocycles. The predicted octanol–water partition coefficient (Wildman–Crippen LogP) is 0.843. The Balaban J connectivity index is 2.06. The minimum atomic E-state index is -4.05. The van der Waals surface area contributed by atoms with Crippen LogP contribution in [0.2, 0.25) is 0 Å². The fourth-order valence-electron chi connectivity index (χ4n) is 1.86. The normalized spacial score (nSPS) is 13.2. The second-order valence-electron chi connectivity index (χ2n) is 4.67. The molecule has 0 aromatic carbocycles. The summed E-state index contributed by atoms with van der Waals surface area (Å²) < 4.78 is 40.5. The monoisotopic (exact) mass is 347 g/mol. The number of thiophene rings is 1. The molecule has 0 radical (unpaired) electrons. The molecule has 10 heteroatoms. The molecular formula is C12H14FN3O4S2. The van der Waals surface area contributed by atoms with Crippen molar-refractivity contribution in [3.8, 4) is 0 Å². The van der Waals surface area contributed by atoms with Gasteiger partial charge >= 0.3 is 5.97 Å². The van der Waals surface area contributed by atoms with Crippen molar-refractivity contribution < 1.29 is 22.7 Å². The molecule has 0 amide bonds.